The quantitative estimate of drug-likeness (QED) is 0.807. The molecule has 0 radical (unpaired) electrons. The summed E-state index contributed by atoms with van der Waals surface area (Å²) in [6, 6.07) is 5.47. The highest BCUT2D eigenvalue weighted by molar-refractivity contribution is 5.83. The van der Waals surface area contributed by atoms with Gasteiger partial charge >= 0.3 is 0 Å². The molecule has 114 valence electrons. The summed E-state index contributed by atoms with van der Waals surface area (Å²) in [4.78, 5) is 17.8. The molecule has 0 aliphatic rings. The highest BCUT2D eigenvalue weighted by atomic mass is 16.5. The van der Waals surface area contributed by atoms with Crippen LogP contribution in [-0.2, 0) is 11.0 Å². The van der Waals surface area contributed by atoms with E-state index in [0.717, 1.165) is 5.82 Å². The van der Waals surface area contributed by atoms with Crippen molar-refractivity contribution in [3.63, 3.8) is 0 Å². The molecule has 2 rings (SSSR count). The van der Waals surface area contributed by atoms with Crippen molar-refractivity contribution >= 4 is 10.9 Å². The van der Waals surface area contributed by atoms with Gasteiger partial charge in [0.05, 0.1) is 12.5 Å². The minimum absolute atomic E-state index is 0.0173. The minimum Gasteiger partial charge on any atom is -0.494 e. The lowest BCUT2D eigenvalue weighted by molar-refractivity contribution is 0.337. The van der Waals surface area contributed by atoms with Gasteiger partial charge in [-0.25, -0.2) is 4.98 Å². The summed E-state index contributed by atoms with van der Waals surface area (Å²) in [5.41, 5.74) is 0.0533. The molecular weight excluding hydrogens is 264 g/mol. The molecule has 0 aliphatic heterocycles. The third-order valence-electron chi connectivity index (χ3n) is 3.42. The van der Waals surface area contributed by atoms with Crippen LogP contribution in [0.5, 0.6) is 5.75 Å². The van der Waals surface area contributed by atoms with Crippen molar-refractivity contribution in [2.24, 2.45) is 0 Å². The van der Waals surface area contributed by atoms with Crippen molar-refractivity contribution in [1.29, 1.82) is 0 Å². The fourth-order valence-corrected chi connectivity index (χ4v) is 2.47. The number of para-hydroxylation sites is 1. The van der Waals surface area contributed by atoms with Gasteiger partial charge in [0, 0.05) is 11.0 Å². The topological polar surface area (TPSA) is 44.1 Å². The standard InChI is InChI=1S/C17H24N2O2/c1-16(2,3)15-18-13-11(9-8-10-12(13)21-7)14(20)19(15)17(4,5)6/h8-10H,1-7H3. The molecule has 21 heavy (non-hydrogen) atoms. The lowest BCUT2D eigenvalue weighted by Crippen LogP contribution is -2.40. The first-order chi connectivity index (χ1) is 9.57. The molecule has 0 fully saturated rings. The zero-order valence-electron chi connectivity index (χ0n) is 13.9. The summed E-state index contributed by atoms with van der Waals surface area (Å²) in [7, 11) is 1.60. The van der Waals surface area contributed by atoms with Crippen molar-refractivity contribution in [3.8, 4) is 5.75 Å². The van der Waals surface area contributed by atoms with E-state index in [9.17, 15) is 4.79 Å². The summed E-state index contributed by atoms with van der Waals surface area (Å²) in [5.74, 6) is 1.41. The van der Waals surface area contributed by atoms with Gasteiger partial charge in [0.2, 0.25) is 0 Å². The van der Waals surface area contributed by atoms with Crippen LogP contribution >= 0.6 is 0 Å². The van der Waals surface area contributed by atoms with Crippen LogP contribution in [0.2, 0.25) is 0 Å². The lowest BCUT2D eigenvalue weighted by atomic mass is 9.93. The number of aromatic nitrogens is 2. The van der Waals surface area contributed by atoms with E-state index >= 15 is 0 Å². The summed E-state index contributed by atoms with van der Waals surface area (Å²) in [6.45, 7) is 12.3. The Hall–Kier alpha value is -1.84. The van der Waals surface area contributed by atoms with Crippen molar-refractivity contribution in [3.05, 3.63) is 34.4 Å². The molecule has 0 unspecified atom stereocenters. The Morgan fingerprint density at radius 3 is 2.19 bits per heavy atom. The third-order valence-corrected chi connectivity index (χ3v) is 3.42. The van der Waals surface area contributed by atoms with Crippen LogP contribution in [0, 0.1) is 0 Å². The number of hydrogen-bond acceptors (Lipinski definition) is 3. The Labute approximate surface area is 125 Å². The van der Waals surface area contributed by atoms with Gasteiger partial charge in [0.1, 0.15) is 17.1 Å². The van der Waals surface area contributed by atoms with Gasteiger partial charge in [-0.05, 0) is 32.9 Å². The number of hydrogen-bond donors (Lipinski definition) is 0. The Balaban J connectivity index is 3.03. The number of methoxy groups -OCH3 is 1. The van der Waals surface area contributed by atoms with Gasteiger partial charge in [-0.2, -0.15) is 0 Å². The summed E-state index contributed by atoms with van der Waals surface area (Å²) in [6.07, 6.45) is 0. The fraction of sp³-hybridized carbons (Fsp3) is 0.529. The first-order valence-corrected chi connectivity index (χ1v) is 7.18. The van der Waals surface area contributed by atoms with Gasteiger partial charge in [-0.3, -0.25) is 9.36 Å². The second-order valence-electron chi connectivity index (χ2n) is 7.35. The van der Waals surface area contributed by atoms with Crippen molar-refractivity contribution in [2.75, 3.05) is 7.11 Å². The van der Waals surface area contributed by atoms with Gasteiger partial charge in [-0.1, -0.05) is 26.8 Å². The maximum atomic E-state index is 13.0. The van der Waals surface area contributed by atoms with Crippen LogP contribution in [0.15, 0.2) is 23.0 Å². The molecule has 0 spiro atoms. The second kappa shape index (κ2) is 4.86. The second-order valence-corrected chi connectivity index (χ2v) is 7.35. The van der Waals surface area contributed by atoms with E-state index in [4.69, 9.17) is 9.72 Å². The van der Waals surface area contributed by atoms with E-state index in [1.165, 1.54) is 0 Å². The van der Waals surface area contributed by atoms with Crippen LogP contribution in [0.3, 0.4) is 0 Å². The molecule has 0 amide bonds. The highest BCUT2D eigenvalue weighted by Gasteiger charge is 2.29. The maximum Gasteiger partial charge on any atom is 0.262 e. The summed E-state index contributed by atoms with van der Waals surface area (Å²) in [5, 5.41) is 0.595. The predicted octanol–water partition coefficient (Wildman–Crippen LogP) is 3.46. The lowest BCUT2D eigenvalue weighted by Gasteiger charge is -2.31. The van der Waals surface area contributed by atoms with Crippen LogP contribution in [-0.4, -0.2) is 16.7 Å². The van der Waals surface area contributed by atoms with E-state index < -0.39 is 0 Å². The molecule has 1 aromatic carbocycles. The highest BCUT2D eigenvalue weighted by Crippen LogP contribution is 2.29. The van der Waals surface area contributed by atoms with Crippen LogP contribution in [0.25, 0.3) is 10.9 Å². The number of ether oxygens (including phenoxy) is 1. The van der Waals surface area contributed by atoms with Gasteiger partial charge < -0.3 is 4.74 Å². The van der Waals surface area contributed by atoms with Crippen molar-refractivity contribution < 1.29 is 4.74 Å². The largest absolute Gasteiger partial charge is 0.494 e. The third kappa shape index (κ3) is 2.67. The van der Waals surface area contributed by atoms with E-state index in [0.29, 0.717) is 16.7 Å². The Morgan fingerprint density at radius 2 is 1.71 bits per heavy atom. The molecule has 0 saturated heterocycles. The van der Waals surface area contributed by atoms with Gasteiger partial charge in [-0.15, -0.1) is 0 Å². The Kier molecular flexibility index (Phi) is 3.60. The molecule has 0 bridgehead atoms. The number of nitrogens with zero attached hydrogens (tertiary/aromatic N) is 2. The first kappa shape index (κ1) is 15.5. The van der Waals surface area contributed by atoms with Crippen LogP contribution in [0.4, 0.5) is 0 Å². The summed E-state index contributed by atoms with van der Waals surface area (Å²) < 4.78 is 7.17. The molecule has 0 saturated carbocycles. The SMILES string of the molecule is COc1cccc2c(=O)n(C(C)(C)C)c(C(C)(C)C)nc12. The van der Waals surface area contributed by atoms with Crippen LogP contribution in [0.1, 0.15) is 47.4 Å². The number of fused-ring (bicyclic) bond motifs is 1. The molecule has 0 aliphatic carbocycles. The predicted molar refractivity (Wildman–Crippen MR) is 86.3 cm³/mol. The molecule has 0 N–H and O–H groups in total. The van der Waals surface area contributed by atoms with E-state index in [1.807, 2.05) is 39.0 Å². The zero-order chi connectivity index (χ0) is 16.0. The Bertz CT molecular complexity index is 731. The van der Waals surface area contributed by atoms with E-state index in [2.05, 4.69) is 20.8 Å². The smallest absolute Gasteiger partial charge is 0.262 e. The van der Waals surface area contributed by atoms with Crippen LogP contribution < -0.4 is 10.3 Å². The molecule has 0 atom stereocenters. The number of benzene rings is 1. The maximum absolute atomic E-state index is 13.0. The monoisotopic (exact) mass is 288 g/mol. The zero-order valence-corrected chi connectivity index (χ0v) is 13.9. The first-order valence-electron chi connectivity index (χ1n) is 7.18. The summed E-state index contributed by atoms with van der Waals surface area (Å²) >= 11 is 0. The van der Waals surface area contributed by atoms with E-state index in [-0.39, 0.29) is 16.5 Å². The Morgan fingerprint density at radius 1 is 1.10 bits per heavy atom. The molecule has 4 heteroatoms. The minimum atomic E-state index is -0.329. The van der Waals surface area contributed by atoms with Crippen molar-refractivity contribution in [1.82, 2.24) is 9.55 Å². The molecule has 4 nitrogen and oxygen atoms in total. The van der Waals surface area contributed by atoms with E-state index in [1.54, 1.807) is 11.7 Å². The average molecular weight is 288 g/mol. The molecular formula is C17H24N2O2. The fourth-order valence-electron chi connectivity index (χ4n) is 2.47. The van der Waals surface area contributed by atoms with Gasteiger partial charge in [0.15, 0.2) is 0 Å². The molecule has 1 aromatic heterocycles. The average Bonchev–Trinajstić information content (AvgIpc) is 2.35. The van der Waals surface area contributed by atoms with Gasteiger partial charge in [0.25, 0.3) is 5.56 Å². The molecule has 1 heterocycles. The normalized spacial score (nSPS) is 12.7. The number of rotatable bonds is 1. The molecule has 2 aromatic rings. The van der Waals surface area contributed by atoms with Crippen molar-refractivity contribution in [2.45, 2.75) is 52.5 Å².